The monoisotopic (exact) mass is 406 g/mol. The Hall–Kier alpha value is -3.94. The van der Waals surface area contributed by atoms with Gasteiger partial charge >= 0.3 is 0 Å². The zero-order valence-corrected chi connectivity index (χ0v) is 16.7. The number of hydrogen-bond acceptors (Lipinski definition) is 6. The molecule has 0 aliphatic carbocycles. The third-order valence-corrected chi connectivity index (χ3v) is 4.36. The van der Waals surface area contributed by atoms with Gasteiger partial charge in [-0.1, -0.05) is 24.3 Å². The van der Waals surface area contributed by atoms with Gasteiger partial charge in [0.15, 0.2) is 0 Å². The molecule has 0 fully saturated rings. The van der Waals surface area contributed by atoms with Crippen LogP contribution in [0.2, 0.25) is 0 Å². The van der Waals surface area contributed by atoms with Gasteiger partial charge in [0.2, 0.25) is 0 Å². The topological polar surface area (TPSA) is 102 Å². The van der Waals surface area contributed by atoms with Crippen molar-refractivity contribution in [2.45, 2.75) is 13.1 Å². The Bertz CT molecular complexity index is 926. The summed E-state index contributed by atoms with van der Waals surface area (Å²) in [5.41, 5.74) is 2.06. The fourth-order valence-electron chi connectivity index (χ4n) is 2.64. The molecule has 2 amide bonds. The Balaban J connectivity index is 1.56. The van der Waals surface area contributed by atoms with Gasteiger partial charge in [0.1, 0.15) is 29.2 Å². The van der Waals surface area contributed by atoms with Crippen molar-refractivity contribution in [1.82, 2.24) is 20.6 Å². The van der Waals surface area contributed by atoms with E-state index in [-0.39, 0.29) is 11.4 Å². The molecule has 0 aliphatic rings. The van der Waals surface area contributed by atoms with Crippen molar-refractivity contribution in [1.29, 1.82) is 0 Å². The molecule has 1 aromatic heterocycles. The molecular weight excluding hydrogens is 384 g/mol. The smallest absolute Gasteiger partial charge is 0.270 e. The number of carbonyl (C=O) groups excluding carboxylic acids is 2. The van der Waals surface area contributed by atoms with Gasteiger partial charge in [-0.25, -0.2) is 9.97 Å². The number of carbonyl (C=O) groups is 2. The van der Waals surface area contributed by atoms with E-state index in [1.807, 2.05) is 48.5 Å². The number of amides is 2. The third-order valence-electron chi connectivity index (χ3n) is 4.36. The fraction of sp³-hybridized carbons (Fsp3) is 0.182. The average molecular weight is 406 g/mol. The number of rotatable bonds is 8. The van der Waals surface area contributed by atoms with Gasteiger partial charge in [0.05, 0.1) is 14.2 Å². The summed E-state index contributed by atoms with van der Waals surface area (Å²) < 4.78 is 10.2. The predicted molar refractivity (Wildman–Crippen MR) is 110 cm³/mol. The van der Waals surface area contributed by atoms with Gasteiger partial charge < -0.3 is 20.1 Å². The van der Waals surface area contributed by atoms with Crippen LogP contribution in [0.25, 0.3) is 0 Å². The van der Waals surface area contributed by atoms with E-state index in [9.17, 15) is 9.59 Å². The van der Waals surface area contributed by atoms with Crippen LogP contribution in [0, 0.1) is 0 Å². The number of benzene rings is 2. The van der Waals surface area contributed by atoms with E-state index >= 15 is 0 Å². The molecule has 0 bridgehead atoms. The van der Waals surface area contributed by atoms with Crippen molar-refractivity contribution in [3.63, 3.8) is 0 Å². The molecule has 8 heteroatoms. The molecule has 0 saturated carbocycles. The van der Waals surface area contributed by atoms with E-state index in [2.05, 4.69) is 20.6 Å². The van der Waals surface area contributed by atoms with Gasteiger partial charge in [-0.15, -0.1) is 0 Å². The van der Waals surface area contributed by atoms with Crippen LogP contribution in [-0.2, 0) is 13.1 Å². The summed E-state index contributed by atoms with van der Waals surface area (Å²) in [6.07, 6.45) is 1.20. The number of hydrogen-bond donors (Lipinski definition) is 2. The maximum Gasteiger partial charge on any atom is 0.270 e. The van der Waals surface area contributed by atoms with Crippen LogP contribution < -0.4 is 20.1 Å². The van der Waals surface area contributed by atoms with E-state index in [1.165, 1.54) is 12.4 Å². The second-order valence-corrected chi connectivity index (χ2v) is 6.35. The van der Waals surface area contributed by atoms with Crippen LogP contribution in [0.4, 0.5) is 0 Å². The standard InChI is InChI=1S/C22H22N4O4/c1-29-17-7-3-15(4-8-17)12-23-21(27)19-11-20(26-14-25-19)22(28)24-13-16-5-9-18(30-2)10-6-16/h3-11,14H,12-13H2,1-2H3,(H,23,27)(H,24,28). The zero-order valence-electron chi connectivity index (χ0n) is 16.7. The Morgan fingerprint density at radius 2 is 1.13 bits per heavy atom. The maximum atomic E-state index is 12.4. The van der Waals surface area contributed by atoms with Crippen LogP contribution >= 0.6 is 0 Å². The third kappa shape index (κ3) is 5.54. The van der Waals surface area contributed by atoms with Crippen molar-refractivity contribution >= 4 is 11.8 Å². The summed E-state index contributed by atoms with van der Waals surface area (Å²) in [4.78, 5) is 32.7. The van der Waals surface area contributed by atoms with E-state index in [1.54, 1.807) is 14.2 Å². The van der Waals surface area contributed by atoms with Crippen LogP contribution in [0.1, 0.15) is 32.1 Å². The van der Waals surface area contributed by atoms with E-state index in [0.717, 1.165) is 22.6 Å². The highest BCUT2D eigenvalue weighted by molar-refractivity contribution is 5.97. The lowest BCUT2D eigenvalue weighted by molar-refractivity contribution is 0.0944. The van der Waals surface area contributed by atoms with Crippen LogP contribution in [0.5, 0.6) is 11.5 Å². The van der Waals surface area contributed by atoms with Crippen molar-refractivity contribution < 1.29 is 19.1 Å². The summed E-state index contributed by atoms with van der Waals surface area (Å²) >= 11 is 0. The van der Waals surface area contributed by atoms with E-state index < -0.39 is 11.8 Å². The van der Waals surface area contributed by atoms with Gasteiger partial charge in [-0.05, 0) is 35.4 Å². The SMILES string of the molecule is COc1ccc(CNC(=O)c2cc(C(=O)NCc3ccc(OC)cc3)ncn2)cc1. The molecule has 0 aliphatic heterocycles. The molecule has 3 rings (SSSR count). The van der Waals surface area contributed by atoms with Gasteiger partial charge in [-0.3, -0.25) is 9.59 Å². The summed E-state index contributed by atoms with van der Waals surface area (Å²) in [7, 11) is 3.19. The van der Waals surface area contributed by atoms with E-state index in [4.69, 9.17) is 9.47 Å². The first-order valence-electron chi connectivity index (χ1n) is 9.23. The Kier molecular flexibility index (Phi) is 6.94. The number of nitrogens with zero attached hydrogens (tertiary/aromatic N) is 2. The second kappa shape index (κ2) is 10.0. The number of aromatic nitrogens is 2. The van der Waals surface area contributed by atoms with Crippen LogP contribution in [-0.4, -0.2) is 36.0 Å². The molecule has 8 nitrogen and oxygen atoms in total. The molecule has 0 atom stereocenters. The van der Waals surface area contributed by atoms with Crippen molar-refractivity contribution in [2.75, 3.05) is 14.2 Å². The zero-order chi connectivity index (χ0) is 21.3. The number of methoxy groups -OCH3 is 2. The molecule has 2 aromatic carbocycles. The highest BCUT2D eigenvalue weighted by atomic mass is 16.5. The lowest BCUT2D eigenvalue weighted by Crippen LogP contribution is -2.27. The Labute approximate surface area is 174 Å². The summed E-state index contributed by atoms with van der Waals surface area (Å²) in [5, 5.41) is 5.55. The van der Waals surface area contributed by atoms with Gasteiger partial charge in [-0.2, -0.15) is 0 Å². The molecule has 0 spiro atoms. The van der Waals surface area contributed by atoms with Crippen LogP contribution in [0.15, 0.2) is 60.9 Å². The largest absolute Gasteiger partial charge is 0.497 e. The normalized spacial score (nSPS) is 10.2. The van der Waals surface area contributed by atoms with Crippen molar-refractivity contribution in [2.24, 2.45) is 0 Å². The molecule has 1 heterocycles. The molecule has 154 valence electrons. The first-order chi connectivity index (χ1) is 14.6. The Morgan fingerprint density at radius 3 is 1.50 bits per heavy atom. The first-order valence-corrected chi connectivity index (χ1v) is 9.23. The molecule has 3 aromatic rings. The molecule has 0 radical (unpaired) electrons. The molecular formula is C22H22N4O4. The molecule has 0 saturated heterocycles. The molecule has 2 N–H and O–H groups in total. The minimum absolute atomic E-state index is 0.119. The molecule has 0 unspecified atom stereocenters. The van der Waals surface area contributed by atoms with Gasteiger partial charge in [0.25, 0.3) is 11.8 Å². The Morgan fingerprint density at radius 1 is 0.733 bits per heavy atom. The molecule has 30 heavy (non-hydrogen) atoms. The van der Waals surface area contributed by atoms with Gasteiger partial charge in [0, 0.05) is 19.2 Å². The highest BCUT2D eigenvalue weighted by Gasteiger charge is 2.13. The number of ether oxygens (including phenoxy) is 2. The minimum atomic E-state index is -0.391. The summed E-state index contributed by atoms with van der Waals surface area (Å²) in [6, 6.07) is 16.1. The van der Waals surface area contributed by atoms with Crippen LogP contribution in [0.3, 0.4) is 0 Å². The first kappa shape index (κ1) is 20.8. The maximum absolute atomic E-state index is 12.4. The minimum Gasteiger partial charge on any atom is -0.497 e. The van der Waals surface area contributed by atoms with E-state index in [0.29, 0.717) is 13.1 Å². The second-order valence-electron chi connectivity index (χ2n) is 6.35. The lowest BCUT2D eigenvalue weighted by Gasteiger charge is -2.08. The average Bonchev–Trinajstić information content (AvgIpc) is 2.81. The summed E-state index contributed by atoms with van der Waals surface area (Å²) in [5.74, 6) is 0.701. The number of nitrogens with one attached hydrogen (secondary N) is 2. The van der Waals surface area contributed by atoms with Crippen molar-refractivity contribution in [3.05, 3.63) is 83.4 Å². The van der Waals surface area contributed by atoms with Crippen molar-refractivity contribution in [3.8, 4) is 11.5 Å². The fourth-order valence-corrected chi connectivity index (χ4v) is 2.64. The summed E-state index contributed by atoms with van der Waals surface area (Å²) in [6.45, 7) is 0.650. The lowest BCUT2D eigenvalue weighted by atomic mass is 10.2. The predicted octanol–water partition coefficient (Wildman–Crippen LogP) is 2.35. The quantitative estimate of drug-likeness (QED) is 0.595. The highest BCUT2D eigenvalue weighted by Crippen LogP contribution is 2.12.